The fourth-order valence-corrected chi connectivity index (χ4v) is 6.38. The Kier molecular flexibility index (Phi) is 11.8. The predicted molar refractivity (Wildman–Crippen MR) is 190 cm³/mol. The molecular weight excluding hydrogens is 654 g/mol. The van der Waals surface area contributed by atoms with Gasteiger partial charge >= 0.3 is 12.1 Å². The SMILES string of the molecule is C[C@@H](C(=O)N[C@H](C(=O)N1C[C@@H](NC(=O)c2ccc(C(=O)O)cc2)C[C@H]1C(=O)N[C@@H]1CCCc2ccccc21)C(C)(C)C)N(C)C(=O)OC(C)(C)C. The number of rotatable bonds is 9. The zero-order valence-corrected chi connectivity index (χ0v) is 30.7. The molecule has 2 aromatic rings. The van der Waals surface area contributed by atoms with E-state index < -0.39 is 65.0 Å². The second kappa shape index (κ2) is 15.5. The lowest BCUT2D eigenvalue weighted by atomic mass is 9.85. The van der Waals surface area contributed by atoms with Crippen molar-refractivity contribution in [3.63, 3.8) is 0 Å². The molecule has 0 unspecified atom stereocenters. The Balaban J connectivity index is 1.58. The number of aromatic carboxylic acids is 1. The Morgan fingerprint density at radius 3 is 2.16 bits per heavy atom. The number of likely N-dealkylation sites (N-methyl/N-ethyl adjacent to an activating group) is 1. The van der Waals surface area contributed by atoms with Gasteiger partial charge in [0.2, 0.25) is 17.7 Å². The lowest BCUT2D eigenvalue weighted by molar-refractivity contribution is -0.144. The Labute approximate surface area is 299 Å². The summed E-state index contributed by atoms with van der Waals surface area (Å²) in [6.07, 6.45) is 1.96. The van der Waals surface area contributed by atoms with Crippen LogP contribution in [0.25, 0.3) is 0 Å². The predicted octanol–water partition coefficient (Wildman–Crippen LogP) is 4.06. The van der Waals surface area contributed by atoms with E-state index in [-0.39, 0.29) is 36.0 Å². The molecule has 1 heterocycles. The molecule has 0 radical (unpaired) electrons. The van der Waals surface area contributed by atoms with E-state index in [0.29, 0.717) is 0 Å². The molecule has 5 amide bonds. The van der Waals surface area contributed by atoms with Crippen molar-refractivity contribution in [2.24, 2.45) is 5.41 Å². The lowest BCUT2D eigenvalue weighted by Gasteiger charge is -2.37. The Morgan fingerprint density at radius 2 is 1.55 bits per heavy atom. The van der Waals surface area contributed by atoms with Gasteiger partial charge < -0.3 is 30.7 Å². The van der Waals surface area contributed by atoms with Crippen LogP contribution in [-0.2, 0) is 25.5 Å². The molecule has 0 aromatic heterocycles. The lowest BCUT2D eigenvalue weighted by Crippen LogP contribution is -2.60. The number of nitrogens with zero attached hydrogens (tertiary/aromatic N) is 2. The van der Waals surface area contributed by atoms with Gasteiger partial charge in [0.05, 0.1) is 11.6 Å². The highest BCUT2D eigenvalue weighted by Gasteiger charge is 2.46. The van der Waals surface area contributed by atoms with E-state index in [1.807, 2.05) is 24.3 Å². The number of carboxylic acid groups (broad SMARTS) is 1. The van der Waals surface area contributed by atoms with Crippen molar-refractivity contribution in [3.05, 3.63) is 70.8 Å². The van der Waals surface area contributed by atoms with E-state index in [4.69, 9.17) is 4.74 Å². The van der Waals surface area contributed by atoms with E-state index >= 15 is 0 Å². The van der Waals surface area contributed by atoms with Crippen molar-refractivity contribution in [2.45, 2.75) is 110 Å². The maximum atomic E-state index is 14.5. The molecule has 13 heteroatoms. The molecular formula is C38H51N5O8. The van der Waals surface area contributed by atoms with E-state index in [0.717, 1.165) is 35.3 Å². The van der Waals surface area contributed by atoms with Gasteiger partial charge in [0.1, 0.15) is 23.7 Å². The standard InChI is InChI=1S/C38H51N5O8/c1-22(42(8)36(50)51-38(5,6)7)31(44)41-30(37(2,3)4)34(47)43-21-26(39-32(45)24-16-18-25(19-17-24)35(48)49)20-29(43)33(46)40-28-15-11-13-23-12-9-10-14-27(23)28/h9-10,12,14,16-19,22,26,28-30H,11,13,15,20-21H2,1-8H3,(H,39,45)(H,40,46)(H,41,44)(H,48,49)/t22-,26-,28+,29-,30+/m0/s1. The third-order valence-electron chi connectivity index (χ3n) is 9.34. The quantitative estimate of drug-likeness (QED) is 0.302. The number of ether oxygens (including phenoxy) is 1. The number of hydrogen-bond donors (Lipinski definition) is 4. The van der Waals surface area contributed by atoms with E-state index in [9.17, 15) is 33.9 Å². The van der Waals surface area contributed by atoms with Crippen molar-refractivity contribution >= 4 is 35.7 Å². The van der Waals surface area contributed by atoms with Crippen LogP contribution in [0.4, 0.5) is 4.79 Å². The Bertz CT molecular complexity index is 1640. The largest absolute Gasteiger partial charge is 0.478 e. The van der Waals surface area contributed by atoms with Gasteiger partial charge in [0.15, 0.2) is 0 Å². The number of aryl methyl sites for hydroxylation is 1. The van der Waals surface area contributed by atoms with Crippen molar-refractivity contribution in [3.8, 4) is 0 Å². The number of carbonyl (C=O) groups excluding carboxylic acids is 5. The summed E-state index contributed by atoms with van der Waals surface area (Å²) in [6.45, 7) is 12.1. The number of amides is 5. The first-order valence-corrected chi connectivity index (χ1v) is 17.4. The van der Waals surface area contributed by atoms with E-state index in [2.05, 4.69) is 16.0 Å². The molecule has 5 atom stereocenters. The van der Waals surface area contributed by atoms with Crippen LogP contribution in [0.1, 0.15) is 106 Å². The first kappa shape index (κ1) is 38.9. The van der Waals surface area contributed by atoms with Crippen molar-refractivity contribution in [1.29, 1.82) is 0 Å². The van der Waals surface area contributed by atoms with Crippen LogP contribution in [0.2, 0.25) is 0 Å². The molecule has 2 aliphatic rings. The van der Waals surface area contributed by atoms with Gasteiger partial charge in [-0.1, -0.05) is 45.0 Å². The highest BCUT2D eigenvalue weighted by Crippen LogP contribution is 2.31. The van der Waals surface area contributed by atoms with Crippen molar-refractivity contribution in [2.75, 3.05) is 13.6 Å². The van der Waals surface area contributed by atoms with Crippen LogP contribution < -0.4 is 16.0 Å². The van der Waals surface area contributed by atoms with Crippen LogP contribution >= 0.6 is 0 Å². The molecule has 0 bridgehead atoms. The first-order chi connectivity index (χ1) is 23.8. The van der Waals surface area contributed by atoms with Gasteiger partial charge in [-0.25, -0.2) is 9.59 Å². The smallest absolute Gasteiger partial charge is 0.410 e. The summed E-state index contributed by atoms with van der Waals surface area (Å²) in [5.41, 5.74) is 0.872. The minimum absolute atomic E-state index is 0.00701. The molecule has 1 aliphatic carbocycles. The number of fused-ring (bicyclic) bond motifs is 1. The minimum atomic E-state index is -1.12. The molecule has 276 valence electrons. The Morgan fingerprint density at radius 1 is 0.922 bits per heavy atom. The fourth-order valence-electron chi connectivity index (χ4n) is 6.38. The fraction of sp³-hybridized carbons (Fsp3) is 0.526. The molecule has 4 N–H and O–H groups in total. The molecule has 1 fully saturated rings. The second-order valence-electron chi connectivity index (χ2n) is 15.5. The van der Waals surface area contributed by atoms with Gasteiger partial charge in [0, 0.05) is 25.2 Å². The number of hydrogen-bond acceptors (Lipinski definition) is 7. The van der Waals surface area contributed by atoms with Gasteiger partial charge in [0.25, 0.3) is 5.91 Å². The van der Waals surface area contributed by atoms with Crippen molar-refractivity contribution < 1.29 is 38.6 Å². The van der Waals surface area contributed by atoms with Crippen LogP contribution in [0.5, 0.6) is 0 Å². The minimum Gasteiger partial charge on any atom is -0.478 e. The molecule has 1 aliphatic heterocycles. The van der Waals surface area contributed by atoms with Gasteiger partial charge in [-0.05, 0) is 94.2 Å². The Hall–Kier alpha value is -4.94. The molecule has 13 nitrogen and oxygen atoms in total. The average Bonchev–Trinajstić information content (AvgIpc) is 3.48. The zero-order chi connectivity index (χ0) is 37.8. The highest BCUT2D eigenvalue weighted by molar-refractivity contribution is 5.97. The third kappa shape index (κ3) is 9.65. The number of benzene rings is 2. The van der Waals surface area contributed by atoms with E-state index in [1.165, 1.54) is 43.1 Å². The average molecular weight is 706 g/mol. The third-order valence-corrected chi connectivity index (χ3v) is 9.34. The maximum absolute atomic E-state index is 14.5. The molecule has 1 saturated heterocycles. The molecule has 0 spiro atoms. The summed E-state index contributed by atoms with van der Waals surface area (Å²) in [5, 5.41) is 18.1. The zero-order valence-electron chi connectivity index (χ0n) is 30.7. The van der Waals surface area contributed by atoms with Crippen LogP contribution in [0.3, 0.4) is 0 Å². The van der Waals surface area contributed by atoms with Crippen LogP contribution in [-0.4, -0.2) is 94.0 Å². The number of nitrogens with one attached hydrogen (secondary N) is 3. The summed E-state index contributed by atoms with van der Waals surface area (Å²) in [4.78, 5) is 82.0. The van der Waals surface area contributed by atoms with Gasteiger partial charge in [-0.3, -0.25) is 24.1 Å². The van der Waals surface area contributed by atoms with Gasteiger partial charge in [-0.2, -0.15) is 0 Å². The topological polar surface area (TPSA) is 174 Å². The molecule has 0 saturated carbocycles. The number of carbonyl (C=O) groups is 6. The highest BCUT2D eigenvalue weighted by atomic mass is 16.6. The molecule has 51 heavy (non-hydrogen) atoms. The van der Waals surface area contributed by atoms with Crippen molar-refractivity contribution in [1.82, 2.24) is 25.8 Å². The summed E-state index contributed by atoms with van der Waals surface area (Å²) in [7, 11) is 1.44. The molecule has 4 rings (SSSR count). The molecule has 2 aromatic carbocycles. The number of carboxylic acids is 1. The summed E-state index contributed by atoms with van der Waals surface area (Å²) >= 11 is 0. The number of likely N-dealkylation sites (tertiary alicyclic amines) is 1. The van der Waals surface area contributed by atoms with Gasteiger partial charge in [-0.15, -0.1) is 0 Å². The second-order valence-corrected chi connectivity index (χ2v) is 15.5. The summed E-state index contributed by atoms with van der Waals surface area (Å²) in [6, 6.07) is 9.50. The normalized spacial score (nSPS) is 19.9. The first-order valence-electron chi connectivity index (χ1n) is 17.4. The summed E-state index contributed by atoms with van der Waals surface area (Å²) < 4.78 is 5.41. The van der Waals surface area contributed by atoms with E-state index in [1.54, 1.807) is 41.5 Å². The van der Waals surface area contributed by atoms with Crippen LogP contribution in [0.15, 0.2) is 48.5 Å². The summed E-state index contributed by atoms with van der Waals surface area (Å²) in [5.74, 6) is -3.05. The van der Waals surface area contributed by atoms with Crippen LogP contribution in [0, 0.1) is 5.41 Å². The maximum Gasteiger partial charge on any atom is 0.410 e. The monoisotopic (exact) mass is 705 g/mol.